The molecule has 0 saturated carbocycles. The molecule has 13 heteroatoms. The van der Waals surface area contributed by atoms with Crippen LogP contribution in [0.1, 0.15) is 38.3 Å². The summed E-state index contributed by atoms with van der Waals surface area (Å²) in [7, 11) is 1.89. The number of nitrogen functional groups attached to an aromatic ring is 1. The molecule has 1 atom stereocenters. The van der Waals surface area contributed by atoms with Crippen molar-refractivity contribution in [3.05, 3.63) is 65.2 Å². The molecule has 0 fully saturated rings. The zero-order valence-electron chi connectivity index (χ0n) is 24.2. The van der Waals surface area contributed by atoms with Gasteiger partial charge in [-0.15, -0.1) is 0 Å². The van der Waals surface area contributed by atoms with E-state index in [0.29, 0.717) is 12.1 Å². The maximum absolute atomic E-state index is 15.9. The number of pyridine rings is 1. The summed E-state index contributed by atoms with van der Waals surface area (Å²) in [6.45, 7) is 6.61. The highest BCUT2D eigenvalue weighted by Gasteiger charge is 2.31. The molecule has 4 rings (SSSR count). The summed E-state index contributed by atoms with van der Waals surface area (Å²) in [6.07, 6.45) is -1.27. The van der Waals surface area contributed by atoms with Gasteiger partial charge in [0.2, 0.25) is 17.4 Å². The first-order valence-corrected chi connectivity index (χ1v) is 13.6. The first-order valence-electron chi connectivity index (χ1n) is 13.6. The predicted octanol–water partition coefficient (Wildman–Crippen LogP) is 4.98. The number of likely N-dealkylation sites (N-methyl/N-ethyl adjacent to an activating group) is 1. The van der Waals surface area contributed by atoms with Crippen LogP contribution in [-0.2, 0) is 9.53 Å². The maximum Gasteiger partial charge on any atom is 0.347 e. The number of nitrogens with one attached hydrogen (secondary N) is 1. The SMILES string of the molecule is CCOC(=O)C(CC(C)C)Oc1c(F)c(Oc2cccc(C3=NCCN3C)c2)nc(Oc2cc(C(=N)N)ccc2O)c1F. The third kappa shape index (κ3) is 7.29. The molecule has 2 aromatic carbocycles. The van der Waals surface area contributed by atoms with Crippen LogP contribution in [0, 0.1) is 23.0 Å². The average Bonchev–Trinajstić information content (AvgIpc) is 3.39. The number of ether oxygens (including phenoxy) is 4. The van der Waals surface area contributed by atoms with Gasteiger partial charge in [0.15, 0.2) is 17.6 Å². The van der Waals surface area contributed by atoms with Gasteiger partial charge in [-0.25, -0.2) is 4.79 Å². The standard InChI is InChI=1S/C30H33F2N5O6/c1-5-40-30(39)22(13-16(2)3)42-25-23(31)28(41-19-8-6-7-18(14-19)27-35-11-12-37(27)4)36-29(24(25)32)43-21-15-17(26(33)34)9-10-20(21)38/h6-10,14-16,22,38H,5,11-13H2,1-4H3,(H3,33,34). The highest BCUT2D eigenvalue weighted by Crippen LogP contribution is 2.40. The van der Waals surface area contributed by atoms with Crippen LogP contribution in [0.25, 0.3) is 0 Å². The van der Waals surface area contributed by atoms with Crippen molar-refractivity contribution in [3.8, 4) is 34.8 Å². The van der Waals surface area contributed by atoms with Crippen LogP contribution in [0.4, 0.5) is 8.78 Å². The van der Waals surface area contributed by atoms with Crippen molar-refractivity contribution in [2.24, 2.45) is 16.6 Å². The molecule has 1 aliphatic rings. The van der Waals surface area contributed by atoms with Crippen LogP contribution >= 0.6 is 0 Å². The van der Waals surface area contributed by atoms with Gasteiger partial charge < -0.3 is 34.7 Å². The van der Waals surface area contributed by atoms with Crippen LogP contribution in [0.5, 0.6) is 34.8 Å². The van der Waals surface area contributed by atoms with Gasteiger partial charge in [-0.2, -0.15) is 13.8 Å². The van der Waals surface area contributed by atoms with Crippen molar-refractivity contribution in [1.29, 1.82) is 5.41 Å². The van der Waals surface area contributed by atoms with E-state index >= 15 is 8.78 Å². The average molecular weight is 598 g/mol. The first-order chi connectivity index (χ1) is 20.5. The largest absolute Gasteiger partial charge is 0.504 e. The number of benzene rings is 2. The number of halogens is 2. The molecule has 0 bridgehead atoms. The number of esters is 1. The minimum absolute atomic E-state index is 0.0312. The molecule has 3 aromatic rings. The number of hydrogen-bond donors (Lipinski definition) is 3. The Kier molecular flexibility index (Phi) is 9.63. The van der Waals surface area contributed by atoms with E-state index in [1.807, 2.05) is 31.9 Å². The van der Waals surface area contributed by atoms with Crippen molar-refractivity contribution in [3.63, 3.8) is 0 Å². The maximum atomic E-state index is 15.9. The Balaban J connectivity index is 1.80. The summed E-state index contributed by atoms with van der Waals surface area (Å²) in [6, 6.07) is 10.4. The van der Waals surface area contributed by atoms with Crippen molar-refractivity contribution >= 4 is 17.6 Å². The van der Waals surface area contributed by atoms with E-state index in [9.17, 15) is 9.90 Å². The van der Waals surface area contributed by atoms with E-state index in [-0.39, 0.29) is 41.8 Å². The number of nitrogens with two attached hydrogens (primary N) is 1. The summed E-state index contributed by atoms with van der Waals surface area (Å²) >= 11 is 0. The molecule has 1 aromatic heterocycles. The Morgan fingerprint density at radius 3 is 2.49 bits per heavy atom. The molecule has 228 valence electrons. The first kappa shape index (κ1) is 31.0. The zero-order valence-corrected chi connectivity index (χ0v) is 24.2. The van der Waals surface area contributed by atoms with Crippen molar-refractivity contribution < 1.29 is 37.6 Å². The third-order valence-electron chi connectivity index (χ3n) is 6.32. The van der Waals surface area contributed by atoms with Gasteiger partial charge in [-0.05, 0) is 49.6 Å². The van der Waals surface area contributed by atoms with Gasteiger partial charge in [-0.3, -0.25) is 10.4 Å². The molecule has 0 saturated heterocycles. The molecule has 0 radical (unpaired) electrons. The van der Waals surface area contributed by atoms with E-state index in [1.54, 1.807) is 25.1 Å². The smallest absolute Gasteiger partial charge is 0.347 e. The van der Waals surface area contributed by atoms with Gasteiger partial charge in [0.1, 0.15) is 17.4 Å². The van der Waals surface area contributed by atoms with Crippen molar-refractivity contribution in [2.45, 2.75) is 33.3 Å². The number of nitrogens with zero attached hydrogens (tertiary/aromatic N) is 3. The molecule has 1 unspecified atom stereocenters. The number of phenols is 1. The third-order valence-corrected chi connectivity index (χ3v) is 6.32. The molecule has 2 heterocycles. The summed E-state index contributed by atoms with van der Waals surface area (Å²) in [4.78, 5) is 23.0. The lowest BCUT2D eigenvalue weighted by atomic mass is 10.1. The minimum atomic E-state index is -1.40. The lowest BCUT2D eigenvalue weighted by Crippen LogP contribution is -2.31. The molecule has 11 nitrogen and oxygen atoms in total. The lowest BCUT2D eigenvalue weighted by Gasteiger charge is -2.21. The Bertz CT molecular complexity index is 1550. The fraction of sp³-hybridized carbons (Fsp3) is 0.333. The molecular formula is C30H33F2N5O6. The molecular weight excluding hydrogens is 564 g/mol. The minimum Gasteiger partial charge on any atom is -0.504 e. The molecule has 0 amide bonds. The molecule has 43 heavy (non-hydrogen) atoms. The van der Waals surface area contributed by atoms with Crippen LogP contribution in [0.2, 0.25) is 0 Å². The predicted molar refractivity (Wildman–Crippen MR) is 154 cm³/mol. The van der Waals surface area contributed by atoms with E-state index in [2.05, 4.69) is 9.98 Å². The summed E-state index contributed by atoms with van der Waals surface area (Å²) < 4.78 is 53.7. The number of aliphatic imine (C=N–C) groups is 1. The lowest BCUT2D eigenvalue weighted by molar-refractivity contribution is -0.152. The van der Waals surface area contributed by atoms with Crippen molar-refractivity contribution in [2.75, 3.05) is 26.7 Å². The number of rotatable bonds is 12. The molecule has 1 aliphatic heterocycles. The number of amidine groups is 2. The van der Waals surface area contributed by atoms with E-state index in [0.717, 1.165) is 12.4 Å². The van der Waals surface area contributed by atoms with Crippen LogP contribution in [-0.4, -0.2) is 65.5 Å². The summed E-state index contributed by atoms with van der Waals surface area (Å²) in [5, 5.41) is 18.0. The summed E-state index contributed by atoms with van der Waals surface area (Å²) in [5.74, 6) is -6.39. The molecule has 0 aliphatic carbocycles. The van der Waals surface area contributed by atoms with E-state index in [4.69, 9.17) is 30.1 Å². The highest BCUT2D eigenvalue weighted by molar-refractivity contribution is 6.00. The quantitative estimate of drug-likeness (QED) is 0.149. The van der Waals surface area contributed by atoms with Gasteiger partial charge in [0.05, 0.1) is 13.2 Å². The highest BCUT2D eigenvalue weighted by atomic mass is 19.1. The summed E-state index contributed by atoms with van der Waals surface area (Å²) in [5.41, 5.74) is 6.41. The van der Waals surface area contributed by atoms with E-state index < -0.39 is 47.0 Å². The van der Waals surface area contributed by atoms with Gasteiger partial charge in [-0.1, -0.05) is 26.0 Å². The fourth-order valence-electron chi connectivity index (χ4n) is 4.24. The normalized spacial score (nSPS) is 13.5. The number of hydrogen-bond acceptors (Lipinski definition) is 10. The van der Waals surface area contributed by atoms with Crippen molar-refractivity contribution in [1.82, 2.24) is 9.88 Å². The molecule has 0 spiro atoms. The van der Waals surface area contributed by atoms with Gasteiger partial charge in [0, 0.05) is 24.7 Å². The Morgan fingerprint density at radius 1 is 1.14 bits per heavy atom. The van der Waals surface area contributed by atoms with E-state index in [1.165, 1.54) is 18.2 Å². The number of aromatic nitrogens is 1. The number of carbonyl (C=O) groups is 1. The van der Waals surface area contributed by atoms with Crippen LogP contribution in [0.15, 0.2) is 47.5 Å². The zero-order chi connectivity index (χ0) is 31.3. The number of phenolic OH excluding ortho intramolecular Hbond substituents is 1. The second kappa shape index (κ2) is 13.4. The Hall–Kier alpha value is -4.94. The fourth-order valence-corrected chi connectivity index (χ4v) is 4.24. The Labute approximate surface area is 247 Å². The topological polar surface area (TPSA) is 153 Å². The number of aromatic hydroxyl groups is 1. The van der Waals surface area contributed by atoms with Crippen LogP contribution in [0.3, 0.4) is 0 Å². The van der Waals surface area contributed by atoms with Crippen LogP contribution < -0.4 is 19.9 Å². The monoisotopic (exact) mass is 597 g/mol. The molecule has 4 N–H and O–H groups in total. The number of carbonyl (C=O) groups excluding carboxylic acids is 1. The van der Waals surface area contributed by atoms with Gasteiger partial charge >= 0.3 is 5.97 Å². The van der Waals surface area contributed by atoms with Gasteiger partial charge in [0.25, 0.3) is 11.8 Å². The second-order valence-electron chi connectivity index (χ2n) is 10.1. The Morgan fingerprint density at radius 2 is 1.86 bits per heavy atom. The second-order valence-corrected chi connectivity index (χ2v) is 10.1.